The summed E-state index contributed by atoms with van der Waals surface area (Å²) in [6.45, 7) is 0.720. The maximum absolute atomic E-state index is 5.87. The van der Waals surface area contributed by atoms with Gasteiger partial charge in [0.2, 0.25) is 5.89 Å². The Balaban J connectivity index is 2.57. The molecule has 2 N–H and O–H groups in total. The zero-order valence-electron chi connectivity index (χ0n) is 8.73. The van der Waals surface area contributed by atoms with E-state index in [-0.39, 0.29) is 6.04 Å². The molecule has 6 heteroatoms. The Bertz CT molecular complexity index is 276. The molecule has 0 saturated heterocycles. The summed E-state index contributed by atoms with van der Waals surface area (Å²) in [7, 11) is 3.92. The third-order valence-corrected chi connectivity index (χ3v) is 2.18. The predicted octanol–water partition coefficient (Wildman–Crippen LogP) is 0.494. The van der Waals surface area contributed by atoms with Crippen molar-refractivity contribution in [2.24, 2.45) is 5.73 Å². The molecule has 14 heavy (non-hydrogen) atoms. The minimum atomic E-state index is -0.177. The molecule has 0 bridgehead atoms. The van der Waals surface area contributed by atoms with Crippen molar-refractivity contribution < 1.29 is 4.52 Å². The Labute approximate surface area is 88.0 Å². The Hall–Kier alpha value is -0.590. The van der Waals surface area contributed by atoms with Gasteiger partial charge in [-0.15, -0.1) is 0 Å². The van der Waals surface area contributed by atoms with Crippen molar-refractivity contribution >= 4 is 11.8 Å². The second kappa shape index (κ2) is 5.33. The van der Waals surface area contributed by atoms with Crippen LogP contribution in [0.3, 0.4) is 0 Å². The van der Waals surface area contributed by atoms with Gasteiger partial charge in [0.25, 0.3) is 0 Å². The summed E-state index contributed by atoms with van der Waals surface area (Å²) in [5.41, 5.74) is 5.87. The third kappa shape index (κ3) is 3.28. The lowest BCUT2D eigenvalue weighted by molar-refractivity contribution is 0.350. The van der Waals surface area contributed by atoms with Crippen LogP contribution in [-0.4, -0.2) is 41.9 Å². The highest BCUT2D eigenvalue weighted by Crippen LogP contribution is 2.10. The molecule has 5 nitrogen and oxygen atoms in total. The van der Waals surface area contributed by atoms with E-state index in [9.17, 15) is 0 Å². The molecule has 0 aliphatic carbocycles. The molecule has 1 rings (SSSR count). The maximum atomic E-state index is 5.87. The maximum Gasteiger partial charge on any atom is 0.236 e. The van der Waals surface area contributed by atoms with E-state index in [2.05, 4.69) is 10.1 Å². The second-order valence-electron chi connectivity index (χ2n) is 3.35. The van der Waals surface area contributed by atoms with Gasteiger partial charge in [0.05, 0.1) is 11.8 Å². The number of hydrogen-bond acceptors (Lipinski definition) is 6. The first-order chi connectivity index (χ1) is 6.63. The fourth-order valence-electron chi connectivity index (χ4n) is 1.08. The van der Waals surface area contributed by atoms with E-state index in [0.29, 0.717) is 11.7 Å². The summed E-state index contributed by atoms with van der Waals surface area (Å²) < 4.78 is 5.03. The summed E-state index contributed by atoms with van der Waals surface area (Å²) in [5.74, 6) is 1.96. The molecule has 1 heterocycles. The van der Waals surface area contributed by atoms with Crippen LogP contribution in [-0.2, 0) is 5.75 Å². The van der Waals surface area contributed by atoms with Crippen molar-refractivity contribution in [1.82, 2.24) is 15.0 Å². The molecule has 80 valence electrons. The lowest BCUT2D eigenvalue weighted by Crippen LogP contribution is -2.26. The van der Waals surface area contributed by atoms with Crippen LogP contribution in [0.25, 0.3) is 0 Å². The number of likely N-dealkylation sites (N-methyl/N-ethyl adjacent to an activating group) is 1. The monoisotopic (exact) mass is 216 g/mol. The first-order valence-electron chi connectivity index (χ1n) is 4.35. The fourth-order valence-corrected chi connectivity index (χ4v) is 1.44. The van der Waals surface area contributed by atoms with Gasteiger partial charge in [0.15, 0.2) is 5.82 Å². The zero-order valence-corrected chi connectivity index (χ0v) is 9.54. The van der Waals surface area contributed by atoms with Crippen LogP contribution in [0.5, 0.6) is 0 Å². The standard InChI is InChI=1S/C8H16N4OS/c1-12(2)4-6(9)8-10-7(5-14-3)13-11-8/h6H,4-5,9H2,1-3H3. The zero-order chi connectivity index (χ0) is 10.6. The summed E-state index contributed by atoms with van der Waals surface area (Å²) >= 11 is 1.65. The van der Waals surface area contributed by atoms with Gasteiger partial charge in [-0.1, -0.05) is 5.16 Å². The highest BCUT2D eigenvalue weighted by Gasteiger charge is 2.14. The van der Waals surface area contributed by atoms with Crippen molar-refractivity contribution in [2.75, 3.05) is 26.9 Å². The van der Waals surface area contributed by atoms with Gasteiger partial charge in [-0.25, -0.2) is 0 Å². The molecule has 0 aromatic carbocycles. The molecule has 0 saturated carbocycles. The molecule has 0 aliphatic heterocycles. The van der Waals surface area contributed by atoms with E-state index in [1.807, 2.05) is 25.3 Å². The van der Waals surface area contributed by atoms with Gasteiger partial charge >= 0.3 is 0 Å². The number of thioether (sulfide) groups is 1. The number of rotatable bonds is 5. The Morgan fingerprint density at radius 3 is 2.86 bits per heavy atom. The number of nitrogens with two attached hydrogens (primary N) is 1. The molecule has 0 aliphatic rings. The predicted molar refractivity (Wildman–Crippen MR) is 57.0 cm³/mol. The summed E-state index contributed by atoms with van der Waals surface area (Å²) in [4.78, 5) is 6.20. The average molecular weight is 216 g/mol. The highest BCUT2D eigenvalue weighted by atomic mass is 32.2. The van der Waals surface area contributed by atoms with Crippen molar-refractivity contribution in [3.8, 4) is 0 Å². The Kier molecular flexibility index (Phi) is 4.37. The van der Waals surface area contributed by atoms with Crippen molar-refractivity contribution in [3.63, 3.8) is 0 Å². The van der Waals surface area contributed by atoms with Crippen LogP contribution in [0.2, 0.25) is 0 Å². The Morgan fingerprint density at radius 2 is 2.29 bits per heavy atom. The Morgan fingerprint density at radius 1 is 1.57 bits per heavy atom. The van der Waals surface area contributed by atoms with E-state index in [0.717, 1.165) is 12.3 Å². The van der Waals surface area contributed by atoms with E-state index in [1.165, 1.54) is 0 Å². The first-order valence-corrected chi connectivity index (χ1v) is 5.74. The normalized spacial score (nSPS) is 13.5. The fraction of sp³-hybridized carbons (Fsp3) is 0.750. The van der Waals surface area contributed by atoms with E-state index < -0.39 is 0 Å². The smallest absolute Gasteiger partial charge is 0.236 e. The lowest BCUT2D eigenvalue weighted by Gasteiger charge is -2.12. The van der Waals surface area contributed by atoms with Gasteiger partial charge in [-0.05, 0) is 20.4 Å². The van der Waals surface area contributed by atoms with Crippen LogP contribution in [0.4, 0.5) is 0 Å². The molecule has 0 spiro atoms. The molecule has 0 radical (unpaired) electrons. The SMILES string of the molecule is CSCc1nc(C(N)CN(C)C)no1. The summed E-state index contributed by atoms with van der Waals surface area (Å²) in [6.07, 6.45) is 1.99. The van der Waals surface area contributed by atoms with Crippen molar-refractivity contribution in [3.05, 3.63) is 11.7 Å². The van der Waals surface area contributed by atoms with E-state index >= 15 is 0 Å². The van der Waals surface area contributed by atoms with Crippen molar-refractivity contribution in [2.45, 2.75) is 11.8 Å². The van der Waals surface area contributed by atoms with Crippen LogP contribution in [0, 0.1) is 0 Å². The quantitative estimate of drug-likeness (QED) is 0.772. The molecular weight excluding hydrogens is 200 g/mol. The minimum absolute atomic E-state index is 0.177. The number of hydrogen-bond donors (Lipinski definition) is 1. The molecule has 1 aromatic heterocycles. The van der Waals surface area contributed by atoms with Gasteiger partial charge in [0, 0.05) is 6.54 Å². The number of nitrogens with zero attached hydrogens (tertiary/aromatic N) is 3. The van der Waals surface area contributed by atoms with Crippen molar-refractivity contribution in [1.29, 1.82) is 0 Å². The highest BCUT2D eigenvalue weighted by molar-refractivity contribution is 7.97. The first kappa shape index (κ1) is 11.5. The lowest BCUT2D eigenvalue weighted by atomic mass is 10.3. The minimum Gasteiger partial charge on any atom is -0.338 e. The third-order valence-electron chi connectivity index (χ3n) is 1.65. The molecule has 1 unspecified atom stereocenters. The van der Waals surface area contributed by atoms with Gasteiger partial charge in [-0.2, -0.15) is 16.7 Å². The molecule has 1 aromatic rings. The summed E-state index contributed by atoms with van der Waals surface area (Å²) in [5, 5.41) is 3.84. The van der Waals surface area contributed by atoms with Crippen LogP contribution in [0.1, 0.15) is 17.8 Å². The molecule has 0 fully saturated rings. The molecule has 1 atom stereocenters. The van der Waals surface area contributed by atoms with Crippen LogP contribution < -0.4 is 5.73 Å². The number of aromatic nitrogens is 2. The van der Waals surface area contributed by atoms with E-state index in [1.54, 1.807) is 11.8 Å². The largest absolute Gasteiger partial charge is 0.338 e. The topological polar surface area (TPSA) is 68.2 Å². The second-order valence-corrected chi connectivity index (χ2v) is 4.21. The molecular formula is C8H16N4OS. The average Bonchev–Trinajstić information content (AvgIpc) is 2.52. The van der Waals surface area contributed by atoms with Gasteiger partial charge in [0.1, 0.15) is 0 Å². The van der Waals surface area contributed by atoms with Crippen LogP contribution in [0.15, 0.2) is 4.52 Å². The summed E-state index contributed by atoms with van der Waals surface area (Å²) in [6, 6.07) is -0.177. The van der Waals surface area contributed by atoms with Gasteiger partial charge in [-0.3, -0.25) is 0 Å². The van der Waals surface area contributed by atoms with Gasteiger partial charge < -0.3 is 15.2 Å². The molecule has 0 amide bonds. The van der Waals surface area contributed by atoms with Crippen LogP contribution >= 0.6 is 11.8 Å². The van der Waals surface area contributed by atoms with E-state index in [4.69, 9.17) is 10.3 Å².